The van der Waals surface area contributed by atoms with E-state index in [9.17, 15) is 14.9 Å². The fraction of sp³-hybridized carbons (Fsp3) is 0.200. The molecular formula is C30H27ClN4O3. The number of halogens is 1. The van der Waals surface area contributed by atoms with Gasteiger partial charge in [-0.1, -0.05) is 49.2 Å². The molecule has 2 aromatic carbocycles. The van der Waals surface area contributed by atoms with Gasteiger partial charge in [-0.25, -0.2) is 4.68 Å². The monoisotopic (exact) mass is 526 g/mol. The van der Waals surface area contributed by atoms with Crippen LogP contribution in [0.3, 0.4) is 0 Å². The van der Waals surface area contributed by atoms with Crippen molar-refractivity contribution in [3.63, 3.8) is 0 Å². The zero-order valence-corrected chi connectivity index (χ0v) is 22.0. The number of rotatable bonds is 9. The number of para-hydroxylation sites is 1. The number of unbranched alkanes of at least 4 members (excludes halogenated alkanes) is 1. The lowest BCUT2D eigenvalue weighted by atomic mass is 9.93. The van der Waals surface area contributed by atoms with Crippen LogP contribution in [0.1, 0.15) is 32.3 Å². The molecule has 0 N–H and O–H groups in total. The minimum Gasteiger partial charge on any atom is -0.492 e. The summed E-state index contributed by atoms with van der Waals surface area (Å²) in [7, 11) is 0. The Morgan fingerprint density at radius 1 is 1.16 bits per heavy atom. The van der Waals surface area contributed by atoms with Crippen LogP contribution in [0.25, 0.3) is 23.0 Å². The maximum Gasteiger partial charge on any atom is 0.271 e. The van der Waals surface area contributed by atoms with Gasteiger partial charge in [-0.3, -0.25) is 14.5 Å². The second-order valence-corrected chi connectivity index (χ2v) is 9.15. The highest BCUT2D eigenvalue weighted by Gasteiger charge is 2.35. The van der Waals surface area contributed by atoms with E-state index in [2.05, 4.69) is 13.5 Å². The third-order valence-corrected chi connectivity index (χ3v) is 6.46. The third-order valence-electron chi connectivity index (χ3n) is 6.16. The first-order valence-corrected chi connectivity index (χ1v) is 12.6. The quantitative estimate of drug-likeness (QED) is 0.144. The van der Waals surface area contributed by atoms with Crippen molar-refractivity contribution in [1.29, 1.82) is 5.26 Å². The first kappa shape index (κ1) is 26.6. The van der Waals surface area contributed by atoms with Crippen LogP contribution in [-0.4, -0.2) is 39.6 Å². The Hall–Kier alpha value is -4.41. The summed E-state index contributed by atoms with van der Waals surface area (Å²) in [6.45, 7) is 7.90. The lowest BCUT2D eigenvalue weighted by Crippen LogP contribution is -2.42. The fourth-order valence-corrected chi connectivity index (χ4v) is 4.34. The topological polar surface area (TPSA) is 88.2 Å². The Labute approximate surface area is 226 Å². The average Bonchev–Trinajstić information content (AvgIpc) is 3.35. The van der Waals surface area contributed by atoms with Gasteiger partial charge >= 0.3 is 0 Å². The van der Waals surface area contributed by atoms with Crippen molar-refractivity contribution in [2.45, 2.75) is 26.7 Å². The van der Waals surface area contributed by atoms with Crippen molar-refractivity contribution in [2.24, 2.45) is 0 Å². The number of amides is 2. The van der Waals surface area contributed by atoms with E-state index in [4.69, 9.17) is 21.4 Å². The molecular weight excluding hydrogens is 500 g/mol. The number of nitrogens with zero attached hydrogens (tertiary/aromatic N) is 4. The molecule has 0 atom stereocenters. The minimum absolute atomic E-state index is 0.00129. The molecule has 0 unspecified atom stereocenters. The average molecular weight is 527 g/mol. The summed E-state index contributed by atoms with van der Waals surface area (Å²) in [5.41, 5.74) is 3.23. The number of ether oxygens (including phenoxy) is 1. The van der Waals surface area contributed by atoms with Gasteiger partial charge < -0.3 is 4.74 Å². The summed E-state index contributed by atoms with van der Waals surface area (Å²) in [5.74, 6) is -0.537. The van der Waals surface area contributed by atoms with Gasteiger partial charge in [0.15, 0.2) is 0 Å². The highest BCUT2D eigenvalue weighted by atomic mass is 35.5. The zero-order chi connectivity index (χ0) is 27.2. The predicted octanol–water partition coefficient (Wildman–Crippen LogP) is 6.15. The summed E-state index contributed by atoms with van der Waals surface area (Å²) < 4.78 is 7.51. The Balaban J connectivity index is 1.86. The Kier molecular flexibility index (Phi) is 8.25. The number of nitriles is 1. The van der Waals surface area contributed by atoms with Crippen LogP contribution in [0.2, 0.25) is 5.02 Å². The number of benzene rings is 2. The van der Waals surface area contributed by atoms with Crippen molar-refractivity contribution >= 4 is 29.5 Å². The van der Waals surface area contributed by atoms with E-state index in [1.54, 1.807) is 36.0 Å². The Bertz CT molecular complexity index is 1500. The van der Waals surface area contributed by atoms with Crippen molar-refractivity contribution in [2.75, 3.05) is 13.2 Å². The number of hydrogen-bond donors (Lipinski definition) is 0. The van der Waals surface area contributed by atoms with Gasteiger partial charge in [-0.2, -0.15) is 10.4 Å². The van der Waals surface area contributed by atoms with Crippen molar-refractivity contribution in [3.8, 4) is 28.8 Å². The lowest BCUT2D eigenvalue weighted by Gasteiger charge is -2.26. The molecule has 1 aromatic heterocycles. The Morgan fingerprint density at radius 3 is 2.58 bits per heavy atom. The maximum atomic E-state index is 13.3. The fourth-order valence-electron chi connectivity index (χ4n) is 4.10. The van der Waals surface area contributed by atoms with E-state index in [1.165, 1.54) is 6.08 Å². The second kappa shape index (κ2) is 11.8. The van der Waals surface area contributed by atoms with Crippen LogP contribution < -0.4 is 4.74 Å². The predicted molar refractivity (Wildman–Crippen MR) is 148 cm³/mol. The van der Waals surface area contributed by atoms with E-state index >= 15 is 0 Å². The summed E-state index contributed by atoms with van der Waals surface area (Å²) in [6.07, 6.45) is 6.86. The van der Waals surface area contributed by atoms with Crippen LogP contribution >= 0.6 is 11.6 Å². The molecule has 1 aliphatic heterocycles. The van der Waals surface area contributed by atoms with E-state index in [1.807, 2.05) is 42.5 Å². The summed E-state index contributed by atoms with van der Waals surface area (Å²) in [6, 6.07) is 17.0. The zero-order valence-electron chi connectivity index (χ0n) is 21.3. The van der Waals surface area contributed by atoms with Gasteiger partial charge in [0, 0.05) is 29.4 Å². The number of carbonyl (C=O) groups is 2. The Morgan fingerprint density at radius 2 is 1.92 bits per heavy atom. The van der Waals surface area contributed by atoms with Crippen LogP contribution in [0.15, 0.2) is 84.1 Å². The van der Waals surface area contributed by atoms with Gasteiger partial charge in [-0.05, 0) is 55.3 Å². The van der Waals surface area contributed by atoms with Gasteiger partial charge in [0.05, 0.1) is 17.3 Å². The van der Waals surface area contributed by atoms with Crippen LogP contribution in [0.5, 0.6) is 5.75 Å². The van der Waals surface area contributed by atoms with Crippen LogP contribution in [0, 0.1) is 11.3 Å². The van der Waals surface area contributed by atoms with E-state index in [0.29, 0.717) is 34.2 Å². The largest absolute Gasteiger partial charge is 0.492 e. The lowest BCUT2D eigenvalue weighted by molar-refractivity contribution is -0.139. The summed E-state index contributed by atoms with van der Waals surface area (Å²) in [4.78, 5) is 27.1. The molecule has 0 spiro atoms. The van der Waals surface area contributed by atoms with Gasteiger partial charge in [-0.15, -0.1) is 6.58 Å². The van der Waals surface area contributed by atoms with E-state index in [-0.39, 0.29) is 17.7 Å². The number of imide groups is 1. The first-order valence-electron chi connectivity index (χ1n) is 12.3. The molecule has 7 nitrogen and oxygen atoms in total. The van der Waals surface area contributed by atoms with Gasteiger partial charge in [0.1, 0.15) is 23.1 Å². The van der Waals surface area contributed by atoms with Gasteiger partial charge in [0.25, 0.3) is 11.8 Å². The van der Waals surface area contributed by atoms with Gasteiger partial charge in [0.2, 0.25) is 0 Å². The molecule has 0 radical (unpaired) electrons. The molecule has 192 valence electrons. The van der Waals surface area contributed by atoms with Crippen molar-refractivity contribution < 1.29 is 14.3 Å². The second-order valence-electron chi connectivity index (χ2n) is 8.74. The first-order chi connectivity index (χ1) is 18.4. The number of hydrogen-bond acceptors (Lipinski definition) is 5. The molecule has 2 amide bonds. The molecule has 0 saturated carbocycles. The SMILES string of the molecule is C=CCN1C(=O)C(C#N)=C(C)/C(=C\c2cn(-c3ccccc3)nc2-c2ccc(OCCCC)c(Cl)c2)C1=O. The van der Waals surface area contributed by atoms with Crippen molar-refractivity contribution in [3.05, 3.63) is 94.7 Å². The molecule has 1 aliphatic rings. The van der Waals surface area contributed by atoms with Crippen LogP contribution in [-0.2, 0) is 9.59 Å². The third kappa shape index (κ3) is 5.31. The van der Waals surface area contributed by atoms with Crippen molar-refractivity contribution in [1.82, 2.24) is 14.7 Å². The molecule has 2 heterocycles. The van der Waals surface area contributed by atoms with E-state index in [0.717, 1.165) is 29.0 Å². The molecule has 0 aliphatic carbocycles. The smallest absolute Gasteiger partial charge is 0.271 e. The number of aromatic nitrogens is 2. The molecule has 4 rings (SSSR count). The molecule has 8 heteroatoms. The highest BCUT2D eigenvalue weighted by Crippen LogP contribution is 2.34. The molecule has 0 saturated heterocycles. The molecule has 38 heavy (non-hydrogen) atoms. The van der Waals surface area contributed by atoms with Crippen LogP contribution in [0.4, 0.5) is 0 Å². The maximum absolute atomic E-state index is 13.3. The minimum atomic E-state index is -0.627. The summed E-state index contributed by atoms with van der Waals surface area (Å²) in [5, 5.41) is 14.9. The standard InChI is InChI=1S/C30H27ClN4O3/c1-4-6-15-38-27-13-12-21(17-26(27)31)28-22(19-35(33-28)23-10-8-7-9-11-23)16-24-20(3)25(18-32)30(37)34(14-5-2)29(24)36/h5,7-13,16-17,19H,2,4,6,14-15H2,1,3H3/b24-16+. The number of carbonyl (C=O) groups excluding carboxylic acids is 2. The normalized spacial score (nSPS) is 14.7. The molecule has 0 fully saturated rings. The molecule has 3 aromatic rings. The highest BCUT2D eigenvalue weighted by molar-refractivity contribution is 6.32. The molecule has 0 bridgehead atoms. The van der Waals surface area contributed by atoms with E-state index < -0.39 is 11.8 Å². The summed E-state index contributed by atoms with van der Waals surface area (Å²) >= 11 is 6.55.